The molecule has 1 amide bonds. The maximum atomic E-state index is 12.1. The molecule has 24 heavy (non-hydrogen) atoms. The summed E-state index contributed by atoms with van der Waals surface area (Å²) in [5.74, 6) is 0.0853. The molecule has 1 saturated heterocycles. The first-order valence-corrected chi connectivity index (χ1v) is 9.19. The molecule has 2 aromatic heterocycles. The van der Waals surface area contributed by atoms with Gasteiger partial charge in [0.1, 0.15) is 0 Å². The number of aryl methyl sites for hydroxylation is 1. The number of aromatic nitrogens is 2. The number of ether oxygens (including phenoxy) is 1. The van der Waals surface area contributed by atoms with E-state index in [0.29, 0.717) is 19.7 Å². The Morgan fingerprint density at radius 1 is 1.54 bits per heavy atom. The molecule has 1 fully saturated rings. The molecule has 0 spiro atoms. The van der Waals surface area contributed by atoms with Crippen LogP contribution in [0, 0.1) is 6.92 Å². The number of amides is 1. The van der Waals surface area contributed by atoms with E-state index in [4.69, 9.17) is 4.74 Å². The van der Waals surface area contributed by atoms with Crippen molar-refractivity contribution in [2.75, 3.05) is 32.8 Å². The van der Waals surface area contributed by atoms with Crippen molar-refractivity contribution in [1.82, 2.24) is 20.0 Å². The van der Waals surface area contributed by atoms with Gasteiger partial charge in [0.05, 0.1) is 32.0 Å². The second-order valence-corrected chi connectivity index (χ2v) is 7.18. The second kappa shape index (κ2) is 8.41. The summed E-state index contributed by atoms with van der Waals surface area (Å²) in [6.07, 6.45) is 4.84. The summed E-state index contributed by atoms with van der Waals surface area (Å²) in [6, 6.07) is 4.14. The van der Waals surface area contributed by atoms with Gasteiger partial charge >= 0.3 is 0 Å². The maximum Gasteiger partial charge on any atom is 0.234 e. The van der Waals surface area contributed by atoms with Crippen molar-refractivity contribution >= 4 is 17.2 Å². The smallest absolute Gasteiger partial charge is 0.234 e. The highest BCUT2D eigenvalue weighted by atomic mass is 32.1. The predicted molar refractivity (Wildman–Crippen MR) is 94.2 cm³/mol. The molecule has 0 bridgehead atoms. The highest BCUT2D eigenvalue weighted by molar-refractivity contribution is 7.09. The van der Waals surface area contributed by atoms with Crippen LogP contribution in [0.2, 0.25) is 0 Å². The summed E-state index contributed by atoms with van der Waals surface area (Å²) in [6.45, 7) is 6.10. The third kappa shape index (κ3) is 5.15. The summed E-state index contributed by atoms with van der Waals surface area (Å²) in [5, 5.41) is 9.37. The molecular formula is C17H24N4O2S. The summed E-state index contributed by atoms with van der Waals surface area (Å²) in [4.78, 5) is 15.6. The van der Waals surface area contributed by atoms with Gasteiger partial charge in [-0.3, -0.25) is 14.4 Å². The molecule has 0 unspecified atom stereocenters. The van der Waals surface area contributed by atoms with Crippen LogP contribution in [-0.4, -0.2) is 59.5 Å². The summed E-state index contributed by atoms with van der Waals surface area (Å²) < 4.78 is 7.71. The van der Waals surface area contributed by atoms with Gasteiger partial charge in [0, 0.05) is 30.7 Å². The van der Waals surface area contributed by atoms with Crippen molar-refractivity contribution < 1.29 is 9.53 Å². The van der Waals surface area contributed by atoms with Crippen LogP contribution in [0.5, 0.6) is 0 Å². The van der Waals surface area contributed by atoms with Crippen LogP contribution >= 0.6 is 11.3 Å². The van der Waals surface area contributed by atoms with Crippen molar-refractivity contribution in [3.63, 3.8) is 0 Å². The largest absolute Gasteiger partial charge is 0.374 e. The van der Waals surface area contributed by atoms with Crippen LogP contribution in [0.3, 0.4) is 0 Å². The van der Waals surface area contributed by atoms with Gasteiger partial charge in [-0.1, -0.05) is 6.07 Å². The molecule has 1 atom stereocenters. The Kier molecular flexibility index (Phi) is 6.01. The lowest BCUT2D eigenvalue weighted by Gasteiger charge is -2.32. The SMILES string of the molecule is Cc1cnn(C[C@@H]2CN(CC(=O)NCCc3cccs3)CCO2)c1. The minimum absolute atomic E-state index is 0.0805. The molecule has 0 saturated carbocycles. The zero-order valence-corrected chi connectivity index (χ0v) is 14.8. The molecule has 7 heteroatoms. The summed E-state index contributed by atoms with van der Waals surface area (Å²) in [5.41, 5.74) is 1.15. The number of hydrogen-bond acceptors (Lipinski definition) is 5. The van der Waals surface area contributed by atoms with E-state index in [1.165, 1.54) is 4.88 Å². The van der Waals surface area contributed by atoms with Crippen LogP contribution < -0.4 is 5.32 Å². The lowest BCUT2D eigenvalue weighted by atomic mass is 10.2. The third-order valence-electron chi connectivity index (χ3n) is 4.02. The normalized spacial score (nSPS) is 18.6. The first kappa shape index (κ1) is 17.1. The number of morpholine rings is 1. The Labute approximate surface area is 146 Å². The van der Waals surface area contributed by atoms with Crippen molar-refractivity contribution in [2.45, 2.75) is 26.0 Å². The van der Waals surface area contributed by atoms with Crippen molar-refractivity contribution in [2.24, 2.45) is 0 Å². The van der Waals surface area contributed by atoms with Crippen LogP contribution in [0.15, 0.2) is 29.9 Å². The van der Waals surface area contributed by atoms with Crippen molar-refractivity contribution in [3.05, 3.63) is 40.3 Å². The molecule has 0 aliphatic carbocycles. The molecule has 0 aromatic carbocycles. The molecule has 2 aromatic rings. The van der Waals surface area contributed by atoms with E-state index in [-0.39, 0.29) is 12.0 Å². The molecule has 1 aliphatic heterocycles. The highest BCUT2D eigenvalue weighted by Crippen LogP contribution is 2.09. The number of nitrogens with zero attached hydrogens (tertiary/aromatic N) is 3. The molecule has 1 N–H and O–H groups in total. The van der Waals surface area contributed by atoms with E-state index in [2.05, 4.69) is 26.8 Å². The van der Waals surface area contributed by atoms with Gasteiger partial charge in [-0.2, -0.15) is 5.10 Å². The number of thiophene rings is 1. The average molecular weight is 348 g/mol. The summed E-state index contributed by atoms with van der Waals surface area (Å²) >= 11 is 1.73. The van der Waals surface area contributed by atoms with Gasteiger partial charge in [-0.05, 0) is 30.4 Å². The van der Waals surface area contributed by atoms with Gasteiger partial charge in [-0.15, -0.1) is 11.3 Å². The average Bonchev–Trinajstić information content (AvgIpc) is 3.20. The number of rotatable bonds is 7. The van der Waals surface area contributed by atoms with Gasteiger partial charge in [0.25, 0.3) is 0 Å². The van der Waals surface area contributed by atoms with Gasteiger partial charge in [0.2, 0.25) is 5.91 Å². The fourth-order valence-corrected chi connectivity index (χ4v) is 3.56. The second-order valence-electron chi connectivity index (χ2n) is 6.15. The lowest BCUT2D eigenvalue weighted by molar-refractivity contribution is -0.124. The third-order valence-corrected chi connectivity index (χ3v) is 4.95. The Bertz CT molecular complexity index is 641. The quantitative estimate of drug-likeness (QED) is 0.820. The van der Waals surface area contributed by atoms with E-state index in [1.54, 1.807) is 11.3 Å². The van der Waals surface area contributed by atoms with Crippen LogP contribution in [0.1, 0.15) is 10.4 Å². The minimum atomic E-state index is 0.0805. The Balaban J connectivity index is 1.38. The van der Waals surface area contributed by atoms with E-state index in [0.717, 1.165) is 31.6 Å². The van der Waals surface area contributed by atoms with Gasteiger partial charge in [-0.25, -0.2) is 0 Å². The number of carbonyl (C=O) groups excluding carboxylic acids is 1. The molecular weight excluding hydrogens is 324 g/mol. The standard InChI is InChI=1S/C17H24N4O2S/c1-14-9-19-21(10-14)12-15-11-20(6-7-23-15)13-17(22)18-5-4-16-3-2-8-24-16/h2-3,8-10,15H,4-7,11-13H2,1H3,(H,18,22)/t15-/m0/s1. The van der Waals surface area contributed by atoms with Crippen molar-refractivity contribution in [1.29, 1.82) is 0 Å². The number of nitrogens with one attached hydrogen (secondary N) is 1. The number of carbonyl (C=O) groups is 1. The molecule has 130 valence electrons. The molecule has 3 heterocycles. The zero-order valence-electron chi connectivity index (χ0n) is 14.0. The predicted octanol–water partition coefficient (Wildman–Crippen LogP) is 1.31. The minimum Gasteiger partial charge on any atom is -0.374 e. The van der Waals surface area contributed by atoms with E-state index >= 15 is 0 Å². The monoisotopic (exact) mass is 348 g/mol. The fraction of sp³-hybridized carbons (Fsp3) is 0.529. The first-order chi connectivity index (χ1) is 11.7. The molecule has 0 radical (unpaired) electrons. The lowest BCUT2D eigenvalue weighted by Crippen LogP contribution is -2.48. The molecule has 6 nitrogen and oxygen atoms in total. The number of hydrogen-bond donors (Lipinski definition) is 1. The molecule has 3 rings (SSSR count). The van der Waals surface area contributed by atoms with E-state index < -0.39 is 0 Å². The van der Waals surface area contributed by atoms with Gasteiger partial charge in [0.15, 0.2) is 0 Å². The Hall–Kier alpha value is -1.70. The van der Waals surface area contributed by atoms with Gasteiger partial charge < -0.3 is 10.1 Å². The van der Waals surface area contributed by atoms with E-state index in [1.807, 2.05) is 30.1 Å². The van der Waals surface area contributed by atoms with Crippen LogP contribution in [0.4, 0.5) is 0 Å². The highest BCUT2D eigenvalue weighted by Gasteiger charge is 2.22. The Morgan fingerprint density at radius 3 is 3.21 bits per heavy atom. The zero-order chi connectivity index (χ0) is 16.8. The molecule has 1 aliphatic rings. The maximum absolute atomic E-state index is 12.1. The topological polar surface area (TPSA) is 59.4 Å². The summed E-state index contributed by atoms with van der Waals surface area (Å²) in [7, 11) is 0. The van der Waals surface area contributed by atoms with Crippen molar-refractivity contribution in [3.8, 4) is 0 Å². The Morgan fingerprint density at radius 2 is 2.46 bits per heavy atom. The fourth-order valence-electron chi connectivity index (χ4n) is 2.85. The van der Waals surface area contributed by atoms with Crippen LogP contribution in [-0.2, 0) is 22.5 Å². The van der Waals surface area contributed by atoms with E-state index in [9.17, 15) is 4.79 Å². The van der Waals surface area contributed by atoms with Crippen LogP contribution in [0.25, 0.3) is 0 Å². The first-order valence-electron chi connectivity index (χ1n) is 8.31.